The van der Waals surface area contributed by atoms with Crippen LogP contribution in [0.2, 0.25) is 0 Å². The zero-order valence-corrected chi connectivity index (χ0v) is 20.0. The summed E-state index contributed by atoms with van der Waals surface area (Å²) in [7, 11) is 1.24. The van der Waals surface area contributed by atoms with Gasteiger partial charge in [-0.05, 0) is 6.42 Å². The molecular formula is C23H28O12. The minimum absolute atomic E-state index is 0.194. The van der Waals surface area contributed by atoms with E-state index >= 15 is 0 Å². The second-order valence-corrected chi connectivity index (χ2v) is 8.45. The van der Waals surface area contributed by atoms with E-state index in [0.717, 1.165) is 13.8 Å². The molecule has 0 aromatic heterocycles. The van der Waals surface area contributed by atoms with Gasteiger partial charge in [-0.1, -0.05) is 6.92 Å². The topological polar surface area (TPSA) is 150 Å². The van der Waals surface area contributed by atoms with E-state index in [1.165, 1.54) is 26.4 Å². The van der Waals surface area contributed by atoms with Crippen molar-refractivity contribution in [1.82, 2.24) is 0 Å². The smallest absolute Gasteiger partial charge is 0.337 e. The number of aldehydes is 1. The highest BCUT2D eigenvalue weighted by atomic mass is 16.8. The Balaban J connectivity index is 1.92. The van der Waals surface area contributed by atoms with E-state index in [-0.39, 0.29) is 17.3 Å². The summed E-state index contributed by atoms with van der Waals surface area (Å²) in [5.74, 6) is -3.91. The third-order valence-electron chi connectivity index (χ3n) is 6.09. The molecule has 2 heterocycles. The summed E-state index contributed by atoms with van der Waals surface area (Å²) in [6.07, 6.45) is -2.27. The van der Waals surface area contributed by atoms with Crippen LogP contribution < -0.4 is 0 Å². The molecule has 3 rings (SSSR count). The standard InChI is InChI=1S/C23H28O12/c1-10-17(31-11(2)25)7-15-16(21(28)29-5)9-30-22(19(10)15)35-23-20(33-13(4)27)18(32-12(3)26)6-14(8-24)34-23/h6,8-10,15,17-20,22-23H,7H2,1-5H3/t10-,15+,17-,18-,19+,20+,22-,23-/m0/s1. The van der Waals surface area contributed by atoms with Crippen LogP contribution in [0.5, 0.6) is 0 Å². The van der Waals surface area contributed by atoms with Gasteiger partial charge in [0.2, 0.25) is 18.7 Å². The SMILES string of the molecule is COC(=O)C1=CO[C@@H](O[C@@H]2OC(C=O)=C[C@H](OC(C)=O)[C@H]2OC(C)=O)[C@@H]2[C@@H](C)[C@@H](OC(C)=O)C[C@H]12. The number of ether oxygens (including phenoxy) is 7. The van der Waals surface area contributed by atoms with Crippen LogP contribution in [0.15, 0.2) is 23.7 Å². The second-order valence-electron chi connectivity index (χ2n) is 8.45. The minimum atomic E-state index is -1.40. The predicted molar refractivity (Wildman–Crippen MR) is 113 cm³/mol. The van der Waals surface area contributed by atoms with Crippen LogP contribution in [0.25, 0.3) is 0 Å². The number of hydrogen-bond donors (Lipinski definition) is 0. The monoisotopic (exact) mass is 496 g/mol. The number of esters is 4. The molecule has 0 unspecified atom stereocenters. The van der Waals surface area contributed by atoms with Gasteiger partial charge in [0.15, 0.2) is 18.1 Å². The molecule has 0 spiro atoms. The molecular weight excluding hydrogens is 468 g/mol. The van der Waals surface area contributed by atoms with E-state index in [0.29, 0.717) is 12.7 Å². The van der Waals surface area contributed by atoms with Crippen molar-refractivity contribution >= 4 is 30.2 Å². The van der Waals surface area contributed by atoms with Crippen molar-refractivity contribution in [3.8, 4) is 0 Å². The summed E-state index contributed by atoms with van der Waals surface area (Å²) in [5, 5.41) is 0. The van der Waals surface area contributed by atoms with Gasteiger partial charge in [-0.25, -0.2) is 4.79 Å². The molecule has 0 saturated heterocycles. The van der Waals surface area contributed by atoms with Crippen molar-refractivity contribution in [2.75, 3.05) is 7.11 Å². The van der Waals surface area contributed by atoms with Gasteiger partial charge in [0.1, 0.15) is 6.10 Å². The van der Waals surface area contributed by atoms with Crippen molar-refractivity contribution < 1.29 is 57.1 Å². The fraction of sp³-hybridized carbons (Fsp3) is 0.609. The maximum absolute atomic E-state index is 12.3. The lowest BCUT2D eigenvalue weighted by atomic mass is 9.83. The summed E-state index contributed by atoms with van der Waals surface area (Å²) in [5.41, 5.74) is 0.256. The van der Waals surface area contributed by atoms with E-state index in [1.807, 2.05) is 6.92 Å². The Labute approximate surface area is 201 Å². The predicted octanol–water partition coefficient (Wildman–Crippen LogP) is 0.923. The minimum Gasteiger partial charge on any atom is -0.471 e. The molecule has 0 aromatic carbocycles. The lowest BCUT2D eigenvalue weighted by Gasteiger charge is -2.40. The Hall–Kier alpha value is -3.41. The highest BCUT2D eigenvalue weighted by Gasteiger charge is 2.54. The van der Waals surface area contributed by atoms with Crippen LogP contribution in [0, 0.1) is 17.8 Å². The molecule has 35 heavy (non-hydrogen) atoms. The van der Waals surface area contributed by atoms with Crippen LogP contribution in [0.1, 0.15) is 34.1 Å². The van der Waals surface area contributed by atoms with Gasteiger partial charge in [0.05, 0.1) is 18.9 Å². The molecule has 2 aliphatic heterocycles. The van der Waals surface area contributed by atoms with Crippen LogP contribution >= 0.6 is 0 Å². The molecule has 1 fully saturated rings. The first-order valence-corrected chi connectivity index (χ1v) is 11.0. The van der Waals surface area contributed by atoms with Gasteiger partial charge < -0.3 is 28.4 Å². The first-order valence-electron chi connectivity index (χ1n) is 11.0. The average molecular weight is 496 g/mol. The highest BCUT2D eigenvalue weighted by Crippen LogP contribution is 2.48. The number of allylic oxidation sites excluding steroid dienone is 1. The van der Waals surface area contributed by atoms with Crippen LogP contribution in [0.4, 0.5) is 0 Å². The van der Waals surface area contributed by atoms with Crippen molar-refractivity contribution in [1.29, 1.82) is 0 Å². The Kier molecular flexibility index (Phi) is 8.15. The molecule has 12 heteroatoms. The number of rotatable bonds is 7. The molecule has 0 bridgehead atoms. The van der Waals surface area contributed by atoms with Gasteiger partial charge in [-0.2, -0.15) is 0 Å². The molecule has 1 aliphatic carbocycles. The summed E-state index contributed by atoms with van der Waals surface area (Å²) in [4.78, 5) is 58.8. The molecule has 1 saturated carbocycles. The van der Waals surface area contributed by atoms with E-state index in [9.17, 15) is 24.0 Å². The first kappa shape index (κ1) is 26.2. The molecule has 3 aliphatic rings. The number of fused-ring (bicyclic) bond motifs is 1. The van der Waals surface area contributed by atoms with Crippen LogP contribution in [0.3, 0.4) is 0 Å². The second kappa shape index (κ2) is 10.9. The lowest BCUT2D eigenvalue weighted by Crippen LogP contribution is -2.51. The molecule has 0 amide bonds. The largest absolute Gasteiger partial charge is 0.471 e. The fourth-order valence-corrected chi connectivity index (χ4v) is 4.70. The fourth-order valence-electron chi connectivity index (χ4n) is 4.70. The summed E-state index contributed by atoms with van der Waals surface area (Å²) >= 11 is 0. The van der Waals surface area contributed by atoms with Gasteiger partial charge in [0.25, 0.3) is 0 Å². The third-order valence-corrected chi connectivity index (χ3v) is 6.09. The summed E-state index contributed by atoms with van der Waals surface area (Å²) in [6, 6.07) is 0. The summed E-state index contributed by atoms with van der Waals surface area (Å²) in [6.45, 7) is 5.43. The number of carbonyl (C=O) groups excluding carboxylic acids is 5. The summed E-state index contributed by atoms with van der Waals surface area (Å²) < 4.78 is 38.1. The number of hydrogen-bond acceptors (Lipinski definition) is 12. The Bertz CT molecular complexity index is 937. The first-order chi connectivity index (χ1) is 16.5. The van der Waals surface area contributed by atoms with Crippen molar-refractivity contribution in [3.05, 3.63) is 23.7 Å². The van der Waals surface area contributed by atoms with E-state index in [1.54, 1.807) is 0 Å². The normalized spacial score (nSPS) is 33.5. The number of methoxy groups -OCH3 is 1. The van der Waals surface area contributed by atoms with E-state index in [2.05, 4.69) is 0 Å². The molecule has 192 valence electrons. The third kappa shape index (κ3) is 5.81. The number of carbonyl (C=O) groups is 5. The Morgan fingerprint density at radius 2 is 1.66 bits per heavy atom. The van der Waals surface area contributed by atoms with Crippen LogP contribution in [-0.2, 0) is 57.1 Å². The maximum atomic E-state index is 12.3. The molecule has 12 nitrogen and oxygen atoms in total. The molecule has 0 N–H and O–H groups in total. The van der Waals surface area contributed by atoms with Crippen molar-refractivity contribution in [3.63, 3.8) is 0 Å². The molecule has 0 radical (unpaired) electrons. The molecule has 0 aromatic rings. The average Bonchev–Trinajstić information content (AvgIpc) is 3.10. The Morgan fingerprint density at radius 3 is 2.23 bits per heavy atom. The van der Waals surface area contributed by atoms with Gasteiger partial charge in [0, 0.05) is 44.6 Å². The zero-order chi connectivity index (χ0) is 25.9. The van der Waals surface area contributed by atoms with Gasteiger partial charge in [-0.3, -0.25) is 23.9 Å². The van der Waals surface area contributed by atoms with Crippen LogP contribution in [-0.4, -0.2) is 68.2 Å². The quantitative estimate of drug-likeness (QED) is 0.280. The van der Waals surface area contributed by atoms with E-state index < -0.39 is 66.6 Å². The van der Waals surface area contributed by atoms with E-state index in [4.69, 9.17) is 33.2 Å². The maximum Gasteiger partial charge on any atom is 0.337 e. The van der Waals surface area contributed by atoms with Crippen molar-refractivity contribution in [2.45, 2.75) is 65.0 Å². The lowest BCUT2D eigenvalue weighted by molar-refractivity contribution is -0.288. The highest BCUT2D eigenvalue weighted by molar-refractivity contribution is 5.89. The van der Waals surface area contributed by atoms with Gasteiger partial charge >= 0.3 is 23.9 Å². The van der Waals surface area contributed by atoms with Gasteiger partial charge in [-0.15, -0.1) is 0 Å². The zero-order valence-electron chi connectivity index (χ0n) is 20.0. The van der Waals surface area contributed by atoms with Crippen molar-refractivity contribution in [2.24, 2.45) is 17.8 Å². The molecule has 8 atom stereocenters. The Morgan fingerprint density at radius 1 is 1.00 bits per heavy atom.